The molecule has 0 fully saturated rings. The summed E-state index contributed by atoms with van der Waals surface area (Å²) in [5.74, 6) is 0.853. The lowest BCUT2D eigenvalue weighted by molar-refractivity contribution is 0.301. The molecule has 0 saturated heterocycles. The number of unbranched alkanes of at least 4 members (excludes halogenated alkanes) is 9. The van der Waals surface area contributed by atoms with Crippen LogP contribution in [0.2, 0.25) is 0 Å². The SMILES string of the molecule is CCCCCCCCCCCCOc1ccoc1. The smallest absolute Gasteiger partial charge is 0.157 e. The standard InChI is InChI=1S/C16H28O2/c1-2-3-4-5-6-7-8-9-10-11-13-18-16-12-14-17-15-16/h12,14-15H,2-11,13H2,1H3. The second kappa shape index (κ2) is 11.2. The molecular weight excluding hydrogens is 224 g/mol. The van der Waals surface area contributed by atoms with Crippen molar-refractivity contribution in [3.63, 3.8) is 0 Å². The molecule has 1 aromatic rings. The highest BCUT2D eigenvalue weighted by atomic mass is 16.5. The summed E-state index contributed by atoms with van der Waals surface area (Å²) in [5, 5.41) is 0. The van der Waals surface area contributed by atoms with Crippen molar-refractivity contribution in [2.45, 2.75) is 71.1 Å². The number of ether oxygens (including phenoxy) is 1. The number of hydrogen-bond acceptors (Lipinski definition) is 2. The zero-order chi connectivity index (χ0) is 12.9. The van der Waals surface area contributed by atoms with Crippen LogP contribution in [0.25, 0.3) is 0 Å². The molecule has 0 aliphatic carbocycles. The summed E-state index contributed by atoms with van der Waals surface area (Å²) in [4.78, 5) is 0. The maximum Gasteiger partial charge on any atom is 0.157 e. The van der Waals surface area contributed by atoms with Crippen LogP contribution in [-0.2, 0) is 0 Å². The van der Waals surface area contributed by atoms with Gasteiger partial charge in [0.05, 0.1) is 12.9 Å². The van der Waals surface area contributed by atoms with Gasteiger partial charge in [0.2, 0.25) is 0 Å². The van der Waals surface area contributed by atoms with E-state index >= 15 is 0 Å². The van der Waals surface area contributed by atoms with E-state index in [1.54, 1.807) is 12.5 Å². The van der Waals surface area contributed by atoms with E-state index < -0.39 is 0 Å². The fourth-order valence-electron chi connectivity index (χ4n) is 2.11. The number of hydrogen-bond donors (Lipinski definition) is 0. The second-order valence-electron chi connectivity index (χ2n) is 4.99. The first-order valence-corrected chi connectivity index (χ1v) is 7.58. The summed E-state index contributed by atoms with van der Waals surface area (Å²) in [6.07, 6.45) is 16.9. The summed E-state index contributed by atoms with van der Waals surface area (Å²) in [6.45, 7) is 3.08. The van der Waals surface area contributed by atoms with E-state index in [1.807, 2.05) is 6.07 Å². The van der Waals surface area contributed by atoms with Crippen LogP contribution in [0.1, 0.15) is 71.1 Å². The first-order valence-electron chi connectivity index (χ1n) is 7.58. The lowest BCUT2D eigenvalue weighted by Crippen LogP contribution is -1.95. The maximum atomic E-state index is 5.52. The highest BCUT2D eigenvalue weighted by Crippen LogP contribution is 2.12. The van der Waals surface area contributed by atoms with Gasteiger partial charge in [0.1, 0.15) is 6.26 Å². The molecule has 0 aliphatic rings. The summed E-state index contributed by atoms with van der Waals surface area (Å²) >= 11 is 0. The molecule has 0 aliphatic heterocycles. The Morgan fingerprint density at radius 3 is 2.06 bits per heavy atom. The number of rotatable bonds is 12. The largest absolute Gasteiger partial charge is 0.490 e. The molecule has 0 radical (unpaired) electrons. The van der Waals surface area contributed by atoms with Gasteiger partial charge in [-0.05, 0) is 6.42 Å². The Hall–Kier alpha value is -0.920. The normalized spacial score (nSPS) is 10.7. The highest BCUT2D eigenvalue weighted by molar-refractivity contribution is 5.12. The first kappa shape index (κ1) is 15.1. The van der Waals surface area contributed by atoms with E-state index in [4.69, 9.17) is 9.15 Å². The molecule has 2 nitrogen and oxygen atoms in total. The molecule has 0 bridgehead atoms. The van der Waals surface area contributed by atoms with Crippen molar-refractivity contribution < 1.29 is 9.15 Å². The minimum Gasteiger partial charge on any atom is -0.490 e. The molecule has 0 saturated carbocycles. The molecule has 18 heavy (non-hydrogen) atoms. The quantitative estimate of drug-likeness (QED) is 0.453. The van der Waals surface area contributed by atoms with Crippen molar-refractivity contribution >= 4 is 0 Å². The van der Waals surface area contributed by atoms with Gasteiger partial charge in [0.25, 0.3) is 0 Å². The van der Waals surface area contributed by atoms with Crippen molar-refractivity contribution in [3.8, 4) is 5.75 Å². The molecule has 0 atom stereocenters. The molecule has 1 rings (SSSR count). The highest BCUT2D eigenvalue weighted by Gasteiger charge is 1.95. The molecule has 1 aromatic heterocycles. The Labute approximate surface area is 112 Å². The van der Waals surface area contributed by atoms with Gasteiger partial charge in [-0.3, -0.25) is 0 Å². The molecule has 2 heteroatoms. The molecular formula is C16H28O2. The Kier molecular flexibility index (Phi) is 9.41. The lowest BCUT2D eigenvalue weighted by Gasteiger charge is -2.03. The van der Waals surface area contributed by atoms with Gasteiger partial charge in [-0.1, -0.05) is 64.7 Å². The Morgan fingerprint density at radius 1 is 0.889 bits per heavy atom. The number of furan rings is 1. The van der Waals surface area contributed by atoms with E-state index in [9.17, 15) is 0 Å². The van der Waals surface area contributed by atoms with Crippen LogP contribution in [0.4, 0.5) is 0 Å². The topological polar surface area (TPSA) is 22.4 Å². The van der Waals surface area contributed by atoms with Gasteiger partial charge >= 0.3 is 0 Å². The van der Waals surface area contributed by atoms with Crippen LogP contribution in [0.5, 0.6) is 5.75 Å². The van der Waals surface area contributed by atoms with E-state index in [2.05, 4.69) is 6.92 Å². The monoisotopic (exact) mass is 252 g/mol. The van der Waals surface area contributed by atoms with Crippen molar-refractivity contribution in [1.29, 1.82) is 0 Å². The third-order valence-corrected chi connectivity index (χ3v) is 3.26. The average Bonchev–Trinajstić information content (AvgIpc) is 2.89. The predicted molar refractivity (Wildman–Crippen MR) is 76.0 cm³/mol. The summed E-state index contributed by atoms with van der Waals surface area (Å²) in [5.41, 5.74) is 0. The minimum atomic E-state index is 0.816. The average molecular weight is 252 g/mol. The van der Waals surface area contributed by atoms with Crippen molar-refractivity contribution in [3.05, 3.63) is 18.6 Å². The fraction of sp³-hybridized carbons (Fsp3) is 0.750. The van der Waals surface area contributed by atoms with E-state index in [0.717, 1.165) is 18.8 Å². The van der Waals surface area contributed by atoms with Gasteiger partial charge in [0, 0.05) is 6.07 Å². The molecule has 0 aromatic carbocycles. The second-order valence-corrected chi connectivity index (χ2v) is 4.99. The van der Waals surface area contributed by atoms with Gasteiger partial charge in [-0.25, -0.2) is 0 Å². The third-order valence-electron chi connectivity index (χ3n) is 3.26. The van der Waals surface area contributed by atoms with Crippen LogP contribution in [0, 0.1) is 0 Å². The molecule has 1 heterocycles. The maximum absolute atomic E-state index is 5.52. The van der Waals surface area contributed by atoms with Crippen molar-refractivity contribution in [1.82, 2.24) is 0 Å². The Balaban J connectivity index is 1.73. The van der Waals surface area contributed by atoms with Crippen LogP contribution in [0.15, 0.2) is 23.0 Å². The van der Waals surface area contributed by atoms with Gasteiger partial charge < -0.3 is 9.15 Å². The zero-order valence-electron chi connectivity index (χ0n) is 11.8. The molecule has 0 spiro atoms. The third kappa shape index (κ3) is 8.21. The summed E-state index contributed by atoms with van der Waals surface area (Å²) in [7, 11) is 0. The summed E-state index contributed by atoms with van der Waals surface area (Å²) < 4.78 is 10.5. The van der Waals surface area contributed by atoms with Crippen LogP contribution >= 0.6 is 0 Å². The van der Waals surface area contributed by atoms with Crippen molar-refractivity contribution in [2.24, 2.45) is 0 Å². The molecule has 0 unspecified atom stereocenters. The first-order chi connectivity index (χ1) is 8.93. The lowest BCUT2D eigenvalue weighted by atomic mass is 10.1. The van der Waals surface area contributed by atoms with E-state index in [0.29, 0.717) is 0 Å². The van der Waals surface area contributed by atoms with Gasteiger partial charge in [0.15, 0.2) is 5.75 Å². The van der Waals surface area contributed by atoms with E-state index in [-0.39, 0.29) is 0 Å². The summed E-state index contributed by atoms with van der Waals surface area (Å²) in [6, 6.07) is 1.86. The molecule has 104 valence electrons. The Morgan fingerprint density at radius 2 is 1.50 bits per heavy atom. The van der Waals surface area contributed by atoms with Crippen LogP contribution in [-0.4, -0.2) is 6.61 Å². The van der Waals surface area contributed by atoms with Gasteiger partial charge in [-0.15, -0.1) is 0 Å². The predicted octanol–water partition coefficient (Wildman–Crippen LogP) is 5.58. The van der Waals surface area contributed by atoms with Gasteiger partial charge in [-0.2, -0.15) is 0 Å². The molecule has 0 N–H and O–H groups in total. The Bertz CT molecular complexity index is 254. The minimum absolute atomic E-state index is 0.816. The van der Waals surface area contributed by atoms with Crippen molar-refractivity contribution in [2.75, 3.05) is 6.61 Å². The van der Waals surface area contributed by atoms with Crippen LogP contribution in [0.3, 0.4) is 0 Å². The fourth-order valence-corrected chi connectivity index (χ4v) is 2.11. The van der Waals surface area contributed by atoms with Crippen LogP contribution < -0.4 is 4.74 Å². The van der Waals surface area contributed by atoms with E-state index in [1.165, 1.54) is 57.8 Å². The molecule has 0 amide bonds. The zero-order valence-corrected chi connectivity index (χ0v) is 11.8.